The van der Waals surface area contributed by atoms with E-state index in [2.05, 4.69) is 36.7 Å². The number of nitrogens with zero attached hydrogens (tertiary/aromatic N) is 2. The van der Waals surface area contributed by atoms with Crippen molar-refractivity contribution in [1.29, 1.82) is 0 Å². The van der Waals surface area contributed by atoms with Crippen LogP contribution in [0.3, 0.4) is 0 Å². The number of thiophene rings is 1. The number of benzene rings is 1. The molecule has 0 saturated carbocycles. The first-order valence-electron chi connectivity index (χ1n) is 7.51. The molecule has 0 atom stereocenters. The number of hydrogen-bond donors (Lipinski definition) is 3. The van der Waals surface area contributed by atoms with E-state index >= 15 is 0 Å². The summed E-state index contributed by atoms with van der Waals surface area (Å²) in [6, 6.07) is 10.4. The van der Waals surface area contributed by atoms with E-state index in [4.69, 9.17) is 4.74 Å². The Morgan fingerprint density at radius 1 is 1.35 bits per heavy atom. The lowest BCUT2D eigenvalue weighted by Crippen LogP contribution is -2.19. The molecule has 0 aliphatic rings. The molecule has 0 saturated heterocycles. The van der Waals surface area contributed by atoms with Gasteiger partial charge in [-0.3, -0.25) is 9.89 Å². The second kappa shape index (κ2) is 7.71. The monoisotopic (exact) mass is 434 g/mol. The van der Waals surface area contributed by atoms with E-state index in [-0.39, 0.29) is 11.4 Å². The molecule has 0 aliphatic heterocycles. The number of phenolic OH excluding ortho intramolecular Hbond substituents is 1. The van der Waals surface area contributed by atoms with Gasteiger partial charge in [-0.25, -0.2) is 5.43 Å². The highest BCUT2D eigenvalue weighted by Crippen LogP contribution is 2.30. The lowest BCUT2D eigenvalue weighted by atomic mass is 10.1. The lowest BCUT2D eigenvalue weighted by Gasteiger charge is -2.06. The number of carbonyl (C=O) groups excluding carboxylic acids is 1. The van der Waals surface area contributed by atoms with Crippen molar-refractivity contribution in [3.63, 3.8) is 0 Å². The summed E-state index contributed by atoms with van der Waals surface area (Å²) >= 11 is 4.95. The molecule has 7 nitrogen and oxygen atoms in total. The third-order valence-electron chi connectivity index (χ3n) is 3.57. The van der Waals surface area contributed by atoms with Gasteiger partial charge in [0.2, 0.25) is 0 Å². The van der Waals surface area contributed by atoms with E-state index < -0.39 is 5.91 Å². The smallest absolute Gasteiger partial charge is 0.291 e. The van der Waals surface area contributed by atoms with Crippen LogP contribution in [0.5, 0.6) is 11.5 Å². The maximum atomic E-state index is 12.2. The van der Waals surface area contributed by atoms with E-state index in [1.807, 2.05) is 12.1 Å². The number of methoxy groups -OCH3 is 1. The molecule has 0 aliphatic carbocycles. The summed E-state index contributed by atoms with van der Waals surface area (Å²) in [5.41, 5.74) is 4.75. The van der Waals surface area contributed by atoms with Crippen LogP contribution in [-0.2, 0) is 0 Å². The number of hydrogen-bond acceptors (Lipinski definition) is 6. The molecule has 26 heavy (non-hydrogen) atoms. The number of H-pyrrole nitrogens is 1. The van der Waals surface area contributed by atoms with Gasteiger partial charge in [0.05, 0.1) is 27.2 Å². The highest BCUT2D eigenvalue weighted by atomic mass is 79.9. The van der Waals surface area contributed by atoms with E-state index in [1.165, 1.54) is 24.5 Å². The van der Waals surface area contributed by atoms with Crippen LogP contribution >= 0.6 is 27.3 Å². The predicted molar refractivity (Wildman–Crippen MR) is 104 cm³/mol. The molecule has 1 aromatic carbocycles. The standard InChI is InChI=1S/C17H15BrN4O3S/c1-9(10-3-4-13(23)14(7-10)25-2)19-22-17(24)12-8-11(20-21-12)15-5-6-16(18)26-15/h3-8,23H,1-2H3,(H,20,21)(H,22,24)/b19-9-. The first-order valence-corrected chi connectivity index (χ1v) is 9.12. The first kappa shape index (κ1) is 18.2. The van der Waals surface area contributed by atoms with Gasteiger partial charge in [0.25, 0.3) is 5.91 Å². The molecule has 0 spiro atoms. The summed E-state index contributed by atoms with van der Waals surface area (Å²) in [5, 5.41) is 20.6. The van der Waals surface area contributed by atoms with Crippen LogP contribution in [0.1, 0.15) is 23.0 Å². The number of aromatic amines is 1. The highest BCUT2D eigenvalue weighted by molar-refractivity contribution is 9.11. The number of aromatic nitrogens is 2. The Bertz CT molecular complexity index is 980. The number of amides is 1. The van der Waals surface area contributed by atoms with Crippen molar-refractivity contribution in [3.05, 3.63) is 51.4 Å². The van der Waals surface area contributed by atoms with Crippen molar-refractivity contribution < 1.29 is 14.6 Å². The number of phenols is 1. The Kier molecular flexibility index (Phi) is 5.38. The lowest BCUT2D eigenvalue weighted by molar-refractivity contribution is 0.0950. The van der Waals surface area contributed by atoms with E-state index in [0.29, 0.717) is 17.0 Å². The molecule has 0 radical (unpaired) electrons. The summed E-state index contributed by atoms with van der Waals surface area (Å²) in [6.07, 6.45) is 0. The molecular formula is C17H15BrN4O3S. The first-order chi connectivity index (χ1) is 12.5. The fourth-order valence-electron chi connectivity index (χ4n) is 2.18. The molecule has 0 fully saturated rings. The summed E-state index contributed by atoms with van der Waals surface area (Å²) < 4.78 is 6.07. The average molecular weight is 435 g/mol. The molecule has 1 amide bonds. The Hall–Kier alpha value is -2.65. The van der Waals surface area contributed by atoms with Crippen molar-refractivity contribution in [2.45, 2.75) is 6.92 Å². The van der Waals surface area contributed by atoms with Crippen molar-refractivity contribution in [2.75, 3.05) is 7.11 Å². The van der Waals surface area contributed by atoms with E-state index in [0.717, 1.165) is 14.4 Å². The number of halogens is 1. The second-order valence-electron chi connectivity index (χ2n) is 5.30. The number of aromatic hydroxyl groups is 1. The molecule has 2 aromatic heterocycles. The maximum Gasteiger partial charge on any atom is 0.291 e. The van der Waals surface area contributed by atoms with Gasteiger partial charge in [-0.05, 0) is 59.3 Å². The predicted octanol–water partition coefficient (Wildman–Crippen LogP) is 3.77. The van der Waals surface area contributed by atoms with Crippen LogP contribution < -0.4 is 10.2 Å². The number of ether oxygens (including phenoxy) is 1. The van der Waals surface area contributed by atoms with Crippen LogP contribution in [0.25, 0.3) is 10.6 Å². The summed E-state index contributed by atoms with van der Waals surface area (Å²) in [4.78, 5) is 13.2. The molecule has 0 unspecified atom stereocenters. The third kappa shape index (κ3) is 3.94. The summed E-state index contributed by atoms with van der Waals surface area (Å²) in [5.74, 6) is -0.0482. The molecule has 3 rings (SSSR count). The molecule has 0 bridgehead atoms. The minimum absolute atomic E-state index is 0.0392. The van der Waals surface area contributed by atoms with Crippen LogP contribution in [-0.4, -0.2) is 34.0 Å². The number of rotatable bonds is 5. The molecule has 3 N–H and O–H groups in total. The van der Waals surface area contributed by atoms with Gasteiger partial charge in [-0.2, -0.15) is 10.2 Å². The normalized spacial score (nSPS) is 11.4. The van der Waals surface area contributed by atoms with Crippen LogP contribution in [0.15, 0.2) is 45.3 Å². The Morgan fingerprint density at radius 3 is 2.85 bits per heavy atom. The van der Waals surface area contributed by atoms with Crippen LogP contribution in [0, 0.1) is 0 Å². The van der Waals surface area contributed by atoms with Gasteiger partial charge in [0.15, 0.2) is 17.2 Å². The van der Waals surface area contributed by atoms with Crippen molar-refractivity contribution in [3.8, 4) is 22.1 Å². The molecule has 3 aromatic rings. The second-order valence-corrected chi connectivity index (χ2v) is 7.76. The van der Waals surface area contributed by atoms with Gasteiger partial charge >= 0.3 is 0 Å². The fourth-order valence-corrected chi connectivity index (χ4v) is 3.53. The number of nitrogens with one attached hydrogen (secondary N) is 2. The average Bonchev–Trinajstić information content (AvgIpc) is 3.28. The zero-order valence-electron chi connectivity index (χ0n) is 13.9. The molecule has 2 heterocycles. The summed E-state index contributed by atoms with van der Waals surface area (Å²) in [6.45, 7) is 1.74. The minimum atomic E-state index is -0.423. The van der Waals surface area contributed by atoms with Gasteiger partial charge in [0, 0.05) is 5.56 Å². The van der Waals surface area contributed by atoms with Gasteiger partial charge in [-0.15, -0.1) is 11.3 Å². The highest BCUT2D eigenvalue weighted by Gasteiger charge is 2.12. The molecule has 9 heteroatoms. The molecular weight excluding hydrogens is 420 g/mol. The Balaban J connectivity index is 1.72. The maximum absolute atomic E-state index is 12.2. The SMILES string of the molecule is COc1cc(/C(C)=N\NC(=O)c2cc(-c3ccc(Br)s3)[nH]n2)ccc1O. The van der Waals surface area contributed by atoms with Gasteiger partial charge in [-0.1, -0.05) is 0 Å². The van der Waals surface area contributed by atoms with E-state index in [9.17, 15) is 9.90 Å². The minimum Gasteiger partial charge on any atom is -0.504 e. The number of carbonyl (C=O) groups is 1. The van der Waals surface area contributed by atoms with E-state index in [1.54, 1.807) is 25.1 Å². The fraction of sp³-hybridized carbons (Fsp3) is 0.118. The zero-order valence-corrected chi connectivity index (χ0v) is 16.3. The van der Waals surface area contributed by atoms with Gasteiger partial charge in [0.1, 0.15) is 0 Å². The van der Waals surface area contributed by atoms with Crippen LogP contribution in [0.2, 0.25) is 0 Å². The quantitative estimate of drug-likeness (QED) is 0.420. The van der Waals surface area contributed by atoms with Crippen LogP contribution in [0.4, 0.5) is 0 Å². The summed E-state index contributed by atoms with van der Waals surface area (Å²) in [7, 11) is 1.47. The third-order valence-corrected chi connectivity index (χ3v) is 5.23. The number of hydrazone groups is 1. The molecule has 134 valence electrons. The zero-order chi connectivity index (χ0) is 18.7. The van der Waals surface area contributed by atoms with Gasteiger partial charge < -0.3 is 9.84 Å². The Morgan fingerprint density at radius 2 is 2.15 bits per heavy atom. The Labute approximate surface area is 161 Å². The van der Waals surface area contributed by atoms with Crippen molar-refractivity contribution in [1.82, 2.24) is 15.6 Å². The largest absolute Gasteiger partial charge is 0.504 e. The topological polar surface area (TPSA) is 99.6 Å². The van der Waals surface area contributed by atoms with Crippen molar-refractivity contribution >= 4 is 38.9 Å². The van der Waals surface area contributed by atoms with Crippen molar-refractivity contribution in [2.24, 2.45) is 5.10 Å².